The molecule has 0 unspecified atom stereocenters. The predicted octanol–water partition coefficient (Wildman–Crippen LogP) is 3.78. The summed E-state index contributed by atoms with van der Waals surface area (Å²) in [6, 6.07) is 5.54. The van der Waals surface area contributed by atoms with Crippen LogP contribution in [-0.2, 0) is 4.79 Å². The second-order valence-electron chi connectivity index (χ2n) is 7.01. The second kappa shape index (κ2) is 9.80. The van der Waals surface area contributed by atoms with Crippen molar-refractivity contribution in [1.82, 2.24) is 10.2 Å². The van der Waals surface area contributed by atoms with Crippen molar-refractivity contribution in [3.8, 4) is 5.75 Å². The molecular weight excluding hydrogens is 373 g/mol. The van der Waals surface area contributed by atoms with Crippen LogP contribution in [0.2, 0.25) is 0 Å². The first-order chi connectivity index (χ1) is 13.2. The molecule has 2 rings (SSSR count). The topological polar surface area (TPSA) is 58.6 Å². The summed E-state index contributed by atoms with van der Waals surface area (Å²) in [7, 11) is 0. The molecule has 1 fully saturated rings. The molecule has 0 bridgehead atoms. The Morgan fingerprint density at radius 3 is 2.21 bits per heavy atom. The zero-order chi connectivity index (χ0) is 20.7. The van der Waals surface area contributed by atoms with Gasteiger partial charge in [-0.05, 0) is 49.9 Å². The number of amides is 2. The largest absolute Gasteiger partial charge is 0.484 e. The Labute approximate surface area is 163 Å². The molecule has 1 aromatic rings. The van der Waals surface area contributed by atoms with Gasteiger partial charge in [0.2, 0.25) is 5.91 Å². The number of piperidine rings is 1. The predicted molar refractivity (Wildman–Crippen MR) is 99.1 cm³/mol. The van der Waals surface area contributed by atoms with Gasteiger partial charge in [-0.25, -0.2) is 0 Å². The van der Waals surface area contributed by atoms with Crippen molar-refractivity contribution in [3.05, 3.63) is 29.8 Å². The highest BCUT2D eigenvalue weighted by Gasteiger charge is 2.29. The first-order valence-corrected chi connectivity index (χ1v) is 9.62. The zero-order valence-corrected chi connectivity index (χ0v) is 16.2. The summed E-state index contributed by atoms with van der Waals surface area (Å²) in [6.07, 6.45) is -1.38. The van der Waals surface area contributed by atoms with Crippen LogP contribution in [0.1, 0.15) is 49.9 Å². The molecule has 0 aliphatic carbocycles. The van der Waals surface area contributed by atoms with Gasteiger partial charge in [0.15, 0.2) is 6.61 Å². The highest BCUT2D eigenvalue weighted by atomic mass is 19.4. The lowest BCUT2D eigenvalue weighted by molar-refractivity contribution is -0.153. The fourth-order valence-electron chi connectivity index (χ4n) is 3.28. The summed E-state index contributed by atoms with van der Waals surface area (Å²) in [5.41, 5.74) is 0.356. The van der Waals surface area contributed by atoms with Crippen LogP contribution in [-0.4, -0.2) is 48.6 Å². The molecule has 1 aliphatic rings. The fourth-order valence-corrected chi connectivity index (χ4v) is 3.28. The SMILES string of the molecule is CCC(CC)C(=O)N1CCC(NC(=O)c2ccc(OCC(F)(F)F)cc2)CC1. The maximum absolute atomic E-state index is 12.4. The molecule has 1 heterocycles. The molecule has 1 N–H and O–H groups in total. The third-order valence-corrected chi connectivity index (χ3v) is 5.00. The summed E-state index contributed by atoms with van der Waals surface area (Å²) in [5, 5.41) is 2.93. The molecule has 0 radical (unpaired) electrons. The third-order valence-electron chi connectivity index (χ3n) is 5.00. The van der Waals surface area contributed by atoms with Gasteiger partial charge in [-0.2, -0.15) is 13.2 Å². The van der Waals surface area contributed by atoms with E-state index in [1.807, 2.05) is 18.7 Å². The van der Waals surface area contributed by atoms with E-state index in [2.05, 4.69) is 10.1 Å². The molecule has 8 heteroatoms. The molecule has 5 nitrogen and oxygen atoms in total. The van der Waals surface area contributed by atoms with Gasteiger partial charge in [-0.15, -0.1) is 0 Å². The van der Waals surface area contributed by atoms with Gasteiger partial charge in [0.05, 0.1) is 0 Å². The van der Waals surface area contributed by atoms with Gasteiger partial charge in [-0.1, -0.05) is 13.8 Å². The molecule has 156 valence electrons. The normalized spacial score (nSPS) is 15.6. The number of carbonyl (C=O) groups excluding carboxylic acids is 2. The number of hydrogen-bond donors (Lipinski definition) is 1. The van der Waals surface area contributed by atoms with Crippen LogP contribution in [0.25, 0.3) is 0 Å². The third kappa shape index (κ3) is 6.42. The standard InChI is InChI=1S/C20H27F3N2O3/c1-3-14(4-2)19(27)25-11-9-16(10-12-25)24-18(26)15-5-7-17(8-6-15)28-13-20(21,22)23/h5-8,14,16H,3-4,9-13H2,1-2H3,(H,24,26). The van der Waals surface area contributed by atoms with Crippen molar-refractivity contribution in [2.45, 2.75) is 51.7 Å². The molecule has 1 aromatic carbocycles. The van der Waals surface area contributed by atoms with E-state index in [1.54, 1.807) is 0 Å². The number of hydrogen-bond acceptors (Lipinski definition) is 3. The minimum Gasteiger partial charge on any atom is -0.484 e. The van der Waals surface area contributed by atoms with E-state index < -0.39 is 12.8 Å². The zero-order valence-electron chi connectivity index (χ0n) is 16.2. The smallest absolute Gasteiger partial charge is 0.422 e. The molecule has 0 atom stereocenters. The number of likely N-dealkylation sites (tertiary alicyclic amines) is 1. The fraction of sp³-hybridized carbons (Fsp3) is 0.600. The Hall–Kier alpha value is -2.25. The van der Waals surface area contributed by atoms with Crippen molar-refractivity contribution in [1.29, 1.82) is 0 Å². The van der Waals surface area contributed by atoms with Crippen LogP contribution >= 0.6 is 0 Å². The minimum absolute atomic E-state index is 0.0283. The highest BCUT2D eigenvalue weighted by Crippen LogP contribution is 2.20. The van der Waals surface area contributed by atoms with E-state index in [1.165, 1.54) is 24.3 Å². The lowest BCUT2D eigenvalue weighted by Crippen LogP contribution is -2.48. The summed E-state index contributed by atoms with van der Waals surface area (Å²) in [4.78, 5) is 26.6. The highest BCUT2D eigenvalue weighted by molar-refractivity contribution is 5.94. The molecule has 0 saturated carbocycles. The van der Waals surface area contributed by atoms with E-state index in [-0.39, 0.29) is 29.5 Å². The molecule has 0 spiro atoms. The molecule has 0 aromatic heterocycles. The van der Waals surface area contributed by atoms with E-state index in [0.717, 1.165) is 12.8 Å². The summed E-state index contributed by atoms with van der Waals surface area (Å²) < 4.78 is 41.1. The Morgan fingerprint density at radius 2 is 1.71 bits per heavy atom. The summed E-state index contributed by atoms with van der Waals surface area (Å²) in [6.45, 7) is 3.89. The van der Waals surface area contributed by atoms with Crippen molar-refractivity contribution < 1.29 is 27.5 Å². The Balaban J connectivity index is 1.81. The van der Waals surface area contributed by atoms with Gasteiger partial charge < -0.3 is 15.0 Å². The average molecular weight is 400 g/mol. The van der Waals surface area contributed by atoms with Crippen molar-refractivity contribution in [2.24, 2.45) is 5.92 Å². The van der Waals surface area contributed by atoms with E-state index in [9.17, 15) is 22.8 Å². The second-order valence-corrected chi connectivity index (χ2v) is 7.01. The Morgan fingerprint density at radius 1 is 1.14 bits per heavy atom. The summed E-state index contributed by atoms with van der Waals surface area (Å²) in [5.74, 6) is 0.0164. The maximum atomic E-state index is 12.4. The number of nitrogens with zero attached hydrogens (tertiary/aromatic N) is 1. The van der Waals surface area contributed by atoms with Gasteiger partial charge in [0, 0.05) is 30.6 Å². The summed E-state index contributed by atoms with van der Waals surface area (Å²) >= 11 is 0. The van der Waals surface area contributed by atoms with E-state index in [4.69, 9.17) is 0 Å². The maximum Gasteiger partial charge on any atom is 0.422 e. The lowest BCUT2D eigenvalue weighted by atomic mass is 9.98. The monoisotopic (exact) mass is 400 g/mol. The van der Waals surface area contributed by atoms with Gasteiger partial charge in [0.25, 0.3) is 5.91 Å². The number of halogens is 3. The number of carbonyl (C=O) groups is 2. The van der Waals surface area contributed by atoms with Crippen molar-refractivity contribution >= 4 is 11.8 Å². The van der Waals surface area contributed by atoms with Gasteiger partial charge in [-0.3, -0.25) is 9.59 Å². The number of alkyl halides is 3. The molecular formula is C20H27F3N2O3. The first kappa shape index (κ1) is 22.0. The molecule has 1 aliphatic heterocycles. The lowest BCUT2D eigenvalue weighted by Gasteiger charge is -2.34. The van der Waals surface area contributed by atoms with Crippen LogP contribution in [0.3, 0.4) is 0 Å². The van der Waals surface area contributed by atoms with Gasteiger partial charge >= 0.3 is 6.18 Å². The quantitative estimate of drug-likeness (QED) is 0.758. The van der Waals surface area contributed by atoms with Gasteiger partial charge in [0.1, 0.15) is 5.75 Å². The number of benzene rings is 1. The van der Waals surface area contributed by atoms with Crippen LogP contribution in [0.15, 0.2) is 24.3 Å². The van der Waals surface area contributed by atoms with Crippen LogP contribution < -0.4 is 10.1 Å². The first-order valence-electron chi connectivity index (χ1n) is 9.62. The molecule has 28 heavy (non-hydrogen) atoms. The average Bonchev–Trinajstić information content (AvgIpc) is 2.67. The van der Waals surface area contributed by atoms with Crippen LogP contribution in [0, 0.1) is 5.92 Å². The van der Waals surface area contributed by atoms with Crippen LogP contribution in [0.5, 0.6) is 5.75 Å². The van der Waals surface area contributed by atoms with Crippen molar-refractivity contribution in [2.75, 3.05) is 19.7 Å². The van der Waals surface area contributed by atoms with Crippen LogP contribution in [0.4, 0.5) is 13.2 Å². The molecule has 2 amide bonds. The molecule has 1 saturated heterocycles. The van der Waals surface area contributed by atoms with Crippen molar-refractivity contribution in [3.63, 3.8) is 0 Å². The number of nitrogens with one attached hydrogen (secondary N) is 1. The minimum atomic E-state index is -4.40. The Kier molecular flexibility index (Phi) is 7.71. The Bertz CT molecular complexity index is 650. The number of rotatable bonds is 7. The van der Waals surface area contributed by atoms with E-state index >= 15 is 0 Å². The number of ether oxygens (including phenoxy) is 1. The van der Waals surface area contributed by atoms with E-state index in [0.29, 0.717) is 31.5 Å².